The van der Waals surface area contributed by atoms with Crippen molar-refractivity contribution < 1.29 is 0 Å². The van der Waals surface area contributed by atoms with Crippen LogP contribution in [-0.4, -0.2) is 21.5 Å². The summed E-state index contributed by atoms with van der Waals surface area (Å²) in [5, 5.41) is 3.68. The van der Waals surface area contributed by atoms with Crippen LogP contribution < -0.4 is 10.2 Å². The van der Waals surface area contributed by atoms with E-state index in [0.29, 0.717) is 12.0 Å². The Balaban J connectivity index is 1.70. The molecular weight excluding hydrogens is 332 g/mol. The third kappa shape index (κ3) is 3.80. The molecule has 0 radical (unpaired) electrons. The number of nitrogens with one attached hydrogen (secondary N) is 1. The molecule has 1 saturated carbocycles. The van der Waals surface area contributed by atoms with Crippen LogP contribution in [0.5, 0.6) is 0 Å². The summed E-state index contributed by atoms with van der Waals surface area (Å²) in [6.07, 6.45) is 6.18. The highest BCUT2D eigenvalue weighted by Crippen LogP contribution is 2.35. The lowest BCUT2D eigenvalue weighted by Crippen LogP contribution is -2.49. The minimum absolute atomic E-state index is 0.0293. The topological polar surface area (TPSA) is 41.1 Å². The lowest BCUT2D eigenvalue weighted by Gasteiger charge is -2.44. The van der Waals surface area contributed by atoms with E-state index in [4.69, 9.17) is 9.97 Å². The number of benzene rings is 1. The van der Waals surface area contributed by atoms with Crippen LogP contribution in [0.2, 0.25) is 0 Å². The molecule has 1 N–H and O–H groups in total. The van der Waals surface area contributed by atoms with Gasteiger partial charge < -0.3 is 10.2 Å². The molecule has 4 rings (SSSR count). The molecule has 1 aliphatic carbocycles. The number of aromatic nitrogens is 2. The quantitative estimate of drug-likeness (QED) is 0.800. The maximum Gasteiger partial charge on any atom is 0.135 e. The van der Waals surface area contributed by atoms with Gasteiger partial charge in [0.25, 0.3) is 0 Å². The molecule has 1 aromatic carbocycles. The molecule has 2 aromatic rings. The lowest BCUT2D eigenvalue weighted by molar-refractivity contribution is 0.426. The van der Waals surface area contributed by atoms with Crippen molar-refractivity contribution in [1.82, 2.24) is 9.97 Å². The van der Waals surface area contributed by atoms with Crippen LogP contribution in [0, 0.1) is 0 Å². The van der Waals surface area contributed by atoms with Gasteiger partial charge in [0, 0.05) is 30.1 Å². The zero-order valence-corrected chi connectivity index (χ0v) is 17.1. The van der Waals surface area contributed by atoms with Gasteiger partial charge >= 0.3 is 0 Å². The van der Waals surface area contributed by atoms with Crippen molar-refractivity contribution >= 4 is 11.6 Å². The van der Waals surface area contributed by atoms with E-state index in [1.807, 2.05) is 0 Å². The Hall–Kier alpha value is -2.10. The fourth-order valence-corrected chi connectivity index (χ4v) is 4.42. The van der Waals surface area contributed by atoms with Gasteiger partial charge in [-0.1, -0.05) is 51.0 Å². The van der Waals surface area contributed by atoms with Crippen LogP contribution in [0.4, 0.5) is 11.6 Å². The van der Waals surface area contributed by atoms with Crippen molar-refractivity contribution in [2.24, 2.45) is 0 Å². The fraction of sp³-hybridized carbons (Fsp3) is 0.565. The van der Waals surface area contributed by atoms with E-state index >= 15 is 0 Å². The van der Waals surface area contributed by atoms with E-state index in [1.165, 1.54) is 36.8 Å². The van der Waals surface area contributed by atoms with Crippen molar-refractivity contribution in [3.63, 3.8) is 0 Å². The molecule has 0 amide bonds. The molecule has 1 fully saturated rings. The molecular formula is C23H32N4. The molecule has 1 aliphatic heterocycles. The molecule has 0 bridgehead atoms. The molecule has 0 saturated heterocycles. The average Bonchev–Trinajstić information content (AvgIpc) is 3.13. The third-order valence-corrected chi connectivity index (χ3v) is 6.03. The number of nitrogens with zero attached hydrogens (tertiary/aromatic N) is 3. The zero-order valence-electron chi connectivity index (χ0n) is 17.1. The molecule has 1 aromatic heterocycles. The average molecular weight is 365 g/mol. The summed E-state index contributed by atoms with van der Waals surface area (Å²) in [6, 6.07) is 11.5. The smallest absolute Gasteiger partial charge is 0.135 e. The monoisotopic (exact) mass is 364 g/mol. The number of hydrogen-bond acceptors (Lipinski definition) is 4. The summed E-state index contributed by atoms with van der Waals surface area (Å²) in [4.78, 5) is 12.3. The number of hydrogen-bond donors (Lipinski definition) is 1. The van der Waals surface area contributed by atoms with Crippen molar-refractivity contribution in [3.8, 4) is 0 Å². The summed E-state index contributed by atoms with van der Waals surface area (Å²) in [5.74, 6) is 3.29. The van der Waals surface area contributed by atoms with Gasteiger partial charge in [-0.3, -0.25) is 0 Å². The molecule has 0 unspecified atom stereocenters. The van der Waals surface area contributed by atoms with Crippen molar-refractivity contribution in [2.45, 2.75) is 83.8 Å². The van der Waals surface area contributed by atoms with Gasteiger partial charge in [0.2, 0.25) is 0 Å². The summed E-state index contributed by atoms with van der Waals surface area (Å²) >= 11 is 0. The Kier molecular flexibility index (Phi) is 4.83. The molecule has 2 aliphatic rings. The first-order chi connectivity index (χ1) is 12.9. The number of fused-ring (bicyclic) bond motifs is 1. The fourth-order valence-electron chi connectivity index (χ4n) is 4.42. The van der Waals surface area contributed by atoms with Gasteiger partial charge in [-0.15, -0.1) is 0 Å². The Bertz CT molecular complexity index is 806. The third-order valence-electron chi connectivity index (χ3n) is 6.03. The van der Waals surface area contributed by atoms with Crippen LogP contribution >= 0.6 is 0 Å². The standard InChI is InChI=1S/C23H32N4/c1-16(2)22-25-20(24-19-11-7-8-12-19)13-21(26-22)27-15-18-10-6-5-9-17(18)14-23(27,3)4/h5-6,9-10,13,16,19H,7-8,11-12,14-15H2,1-4H3,(H,24,25,26). The van der Waals surface area contributed by atoms with E-state index in [9.17, 15) is 0 Å². The summed E-state index contributed by atoms with van der Waals surface area (Å²) in [7, 11) is 0. The van der Waals surface area contributed by atoms with E-state index in [-0.39, 0.29) is 5.54 Å². The van der Waals surface area contributed by atoms with E-state index in [2.05, 4.69) is 68.2 Å². The highest BCUT2D eigenvalue weighted by Gasteiger charge is 2.34. The van der Waals surface area contributed by atoms with Crippen molar-refractivity contribution in [3.05, 3.63) is 47.3 Å². The summed E-state index contributed by atoms with van der Waals surface area (Å²) in [5.41, 5.74) is 2.90. The van der Waals surface area contributed by atoms with Crippen LogP contribution in [0.3, 0.4) is 0 Å². The Labute approximate surface area is 163 Å². The van der Waals surface area contributed by atoms with E-state index in [0.717, 1.165) is 30.4 Å². The highest BCUT2D eigenvalue weighted by atomic mass is 15.3. The van der Waals surface area contributed by atoms with E-state index < -0.39 is 0 Å². The molecule has 0 spiro atoms. The van der Waals surface area contributed by atoms with Crippen molar-refractivity contribution in [1.29, 1.82) is 0 Å². The van der Waals surface area contributed by atoms with Gasteiger partial charge in [0.15, 0.2) is 0 Å². The number of rotatable bonds is 4. The first-order valence-corrected chi connectivity index (χ1v) is 10.4. The predicted octanol–water partition coefficient (Wildman–Crippen LogP) is 5.30. The van der Waals surface area contributed by atoms with Gasteiger partial charge in [-0.05, 0) is 44.2 Å². The Morgan fingerprint density at radius 2 is 1.78 bits per heavy atom. The second-order valence-corrected chi connectivity index (χ2v) is 9.09. The maximum absolute atomic E-state index is 4.97. The Morgan fingerprint density at radius 3 is 2.48 bits per heavy atom. The van der Waals surface area contributed by atoms with Crippen molar-refractivity contribution in [2.75, 3.05) is 10.2 Å². The highest BCUT2D eigenvalue weighted by molar-refractivity contribution is 5.54. The number of anilines is 2. The van der Waals surface area contributed by atoms with Crippen LogP contribution in [0.1, 0.15) is 76.2 Å². The maximum atomic E-state index is 4.97. The lowest BCUT2D eigenvalue weighted by atomic mass is 9.85. The normalized spacial score (nSPS) is 19.4. The first-order valence-electron chi connectivity index (χ1n) is 10.4. The van der Waals surface area contributed by atoms with Gasteiger partial charge in [0.1, 0.15) is 17.5 Å². The second kappa shape index (κ2) is 7.14. The van der Waals surface area contributed by atoms with Crippen LogP contribution in [-0.2, 0) is 13.0 Å². The molecule has 2 heterocycles. The molecule has 144 valence electrons. The minimum Gasteiger partial charge on any atom is -0.367 e. The largest absolute Gasteiger partial charge is 0.367 e. The van der Waals surface area contributed by atoms with Gasteiger partial charge in [0.05, 0.1) is 0 Å². The molecule has 0 atom stereocenters. The predicted molar refractivity (Wildman–Crippen MR) is 112 cm³/mol. The SMILES string of the molecule is CC(C)c1nc(NC2CCCC2)cc(N2Cc3ccccc3CC2(C)C)n1. The Morgan fingerprint density at radius 1 is 1.07 bits per heavy atom. The molecule has 27 heavy (non-hydrogen) atoms. The minimum atomic E-state index is 0.0293. The van der Waals surface area contributed by atoms with Gasteiger partial charge in [-0.25, -0.2) is 9.97 Å². The van der Waals surface area contributed by atoms with Crippen LogP contribution in [0.15, 0.2) is 30.3 Å². The summed E-state index contributed by atoms with van der Waals surface area (Å²) in [6.45, 7) is 9.90. The molecule has 4 heteroatoms. The zero-order chi connectivity index (χ0) is 19.0. The van der Waals surface area contributed by atoms with Crippen LogP contribution in [0.25, 0.3) is 0 Å². The summed E-state index contributed by atoms with van der Waals surface area (Å²) < 4.78 is 0. The second-order valence-electron chi connectivity index (χ2n) is 9.09. The van der Waals surface area contributed by atoms with E-state index in [1.54, 1.807) is 0 Å². The van der Waals surface area contributed by atoms with Gasteiger partial charge in [-0.2, -0.15) is 0 Å². The molecule has 4 nitrogen and oxygen atoms in total. The first kappa shape index (κ1) is 18.3.